The number of pyridine rings is 3. The first kappa shape index (κ1) is 18.5. The van der Waals surface area contributed by atoms with Gasteiger partial charge in [-0.2, -0.15) is 0 Å². The van der Waals surface area contributed by atoms with Crippen LogP contribution in [0.4, 0.5) is 0 Å². The fourth-order valence-electron chi connectivity index (χ4n) is 1.14. The summed E-state index contributed by atoms with van der Waals surface area (Å²) in [6.07, 6.45) is 14.8. The van der Waals surface area contributed by atoms with Crippen LogP contribution in [0, 0.1) is 0 Å². The second-order valence-electron chi connectivity index (χ2n) is 3.87. The molecular weight excluding hydrogens is 300 g/mol. The number of hydrogen-bond donors (Lipinski definition) is 0. The Morgan fingerprint density at radius 1 is 0.250 bits per heavy atom. The lowest BCUT2D eigenvalue weighted by molar-refractivity contribution is 1.05. The molecule has 0 spiro atoms. The van der Waals surface area contributed by atoms with Crippen molar-refractivity contribution in [2.24, 2.45) is 0 Å². The molecule has 4 heterocycles. The number of rotatable bonds is 0. The van der Waals surface area contributed by atoms with Gasteiger partial charge in [0.05, 0.1) is 0 Å². The molecule has 0 fully saturated rings. The number of nitrogens with zero attached hydrogens (tertiary/aromatic N) is 6. The summed E-state index contributed by atoms with van der Waals surface area (Å²) >= 11 is 0. The Labute approximate surface area is 141 Å². The van der Waals surface area contributed by atoms with Crippen LogP contribution in [0.25, 0.3) is 0 Å². The van der Waals surface area contributed by atoms with Crippen LogP contribution in [0.15, 0.2) is 111 Å². The zero-order chi connectivity index (χ0) is 17.0. The second-order valence-corrected chi connectivity index (χ2v) is 3.87. The van der Waals surface area contributed by atoms with Gasteiger partial charge in [-0.15, -0.1) is 0 Å². The van der Waals surface area contributed by atoms with Crippen LogP contribution in [0.5, 0.6) is 0 Å². The lowest BCUT2D eigenvalue weighted by Crippen LogP contribution is -1.73. The molecule has 24 heavy (non-hydrogen) atoms. The highest BCUT2D eigenvalue weighted by Crippen LogP contribution is 1.74. The molecule has 0 saturated carbocycles. The van der Waals surface area contributed by atoms with Crippen molar-refractivity contribution >= 4 is 0 Å². The van der Waals surface area contributed by atoms with Crippen molar-refractivity contribution < 1.29 is 0 Å². The lowest BCUT2D eigenvalue weighted by atomic mass is 10.5. The third kappa shape index (κ3) is 13.4. The molecule has 6 heteroatoms. The lowest BCUT2D eigenvalue weighted by Gasteiger charge is -1.70. The Bertz CT molecular complexity index is 433. The third-order valence-corrected chi connectivity index (χ3v) is 2.10. The fourth-order valence-corrected chi connectivity index (χ4v) is 1.14. The van der Waals surface area contributed by atoms with Gasteiger partial charge in [-0.05, 0) is 36.4 Å². The Morgan fingerprint density at radius 2 is 0.500 bits per heavy atom. The van der Waals surface area contributed by atoms with Crippen molar-refractivity contribution in [3.05, 3.63) is 111 Å². The molecule has 0 saturated heterocycles. The van der Waals surface area contributed by atoms with Gasteiger partial charge in [0.25, 0.3) is 0 Å². The van der Waals surface area contributed by atoms with Gasteiger partial charge in [0, 0.05) is 37.2 Å². The maximum atomic E-state index is 3.78. The van der Waals surface area contributed by atoms with E-state index in [1.165, 1.54) is 19.0 Å². The molecule has 4 aromatic rings. The van der Waals surface area contributed by atoms with Crippen LogP contribution in [0.2, 0.25) is 0 Å². The predicted octanol–water partition coefficient (Wildman–Crippen LogP) is 3.12. The molecule has 0 aliphatic heterocycles. The minimum Gasteiger partial charge on any atom is -0.265 e. The van der Waals surface area contributed by atoms with E-state index in [9.17, 15) is 0 Å². The van der Waals surface area contributed by atoms with Gasteiger partial charge in [-0.25, -0.2) is 15.0 Å². The Kier molecular flexibility index (Phi) is 12.2. The van der Waals surface area contributed by atoms with E-state index in [0.29, 0.717) is 0 Å². The van der Waals surface area contributed by atoms with Crippen molar-refractivity contribution in [2.45, 2.75) is 0 Å². The van der Waals surface area contributed by atoms with Gasteiger partial charge in [0.2, 0.25) is 0 Å². The molecule has 120 valence electrons. The quantitative estimate of drug-likeness (QED) is 0.496. The number of aromatic nitrogens is 6. The summed E-state index contributed by atoms with van der Waals surface area (Å²) < 4.78 is 0. The van der Waals surface area contributed by atoms with Crippen LogP contribution in [-0.2, 0) is 0 Å². The van der Waals surface area contributed by atoms with Gasteiger partial charge in [-0.1, -0.05) is 18.2 Å². The van der Waals surface area contributed by atoms with E-state index in [1.54, 1.807) is 37.2 Å². The Hall–Kier alpha value is -3.54. The number of hydrogen-bond acceptors (Lipinski definition) is 6. The van der Waals surface area contributed by atoms with E-state index in [2.05, 4.69) is 29.9 Å². The molecular formula is C18H18N6. The fraction of sp³-hybridized carbons (Fsp3) is 0. The topological polar surface area (TPSA) is 77.3 Å². The SMILES string of the molecule is c1ccncc1.c1ccncc1.c1ccncc1.c1ncncn1. The summed E-state index contributed by atoms with van der Waals surface area (Å²) in [6.45, 7) is 0. The predicted molar refractivity (Wildman–Crippen MR) is 92.5 cm³/mol. The van der Waals surface area contributed by atoms with E-state index < -0.39 is 0 Å². The monoisotopic (exact) mass is 318 g/mol. The molecule has 0 aliphatic carbocycles. The molecule has 0 unspecified atom stereocenters. The third-order valence-electron chi connectivity index (χ3n) is 2.10. The maximum absolute atomic E-state index is 3.78. The second kappa shape index (κ2) is 15.8. The summed E-state index contributed by atoms with van der Waals surface area (Å²) in [7, 11) is 0. The highest BCUT2D eigenvalue weighted by atomic mass is 14.9. The zero-order valence-corrected chi connectivity index (χ0v) is 13.1. The first-order valence-corrected chi connectivity index (χ1v) is 7.10. The molecule has 0 aliphatic rings. The summed E-state index contributed by atoms with van der Waals surface area (Å²) in [5.74, 6) is 0. The minimum atomic E-state index is 1.44. The molecule has 0 amide bonds. The average Bonchev–Trinajstić information content (AvgIpc) is 2.75. The van der Waals surface area contributed by atoms with E-state index >= 15 is 0 Å². The molecule has 6 nitrogen and oxygen atoms in total. The van der Waals surface area contributed by atoms with Crippen molar-refractivity contribution in [1.29, 1.82) is 0 Å². The van der Waals surface area contributed by atoms with Gasteiger partial charge in [-0.3, -0.25) is 15.0 Å². The normalized spacial score (nSPS) is 8.00. The molecule has 4 rings (SSSR count). The van der Waals surface area contributed by atoms with E-state index in [1.807, 2.05) is 54.6 Å². The minimum absolute atomic E-state index is 1.44. The first-order valence-electron chi connectivity index (χ1n) is 7.10. The van der Waals surface area contributed by atoms with Crippen LogP contribution in [0.3, 0.4) is 0 Å². The van der Waals surface area contributed by atoms with E-state index in [4.69, 9.17) is 0 Å². The molecule has 0 bridgehead atoms. The largest absolute Gasteiger partial charge is 0.265 e. The van der Waals surface area contributed by atoms with Crippen LogP contribution in [-0.4, -0.2) is 29.9 Å². The molecule has 0 N–H and O–H groups in total. The van der Waals surface area contributed by atoms with Crippen molar-refractivity contribution in [2.75, 3.05) is 0 Å². The first-order chi connectivity index (χ1) is 12.0. The maximum Gasteiger partial charge on any atom is 0.119 e. The van der Waals surface area contributed by atoms with Crippen molar-refractivity contribution in [3.63, 3.8) is 0 Å². The summed E-state index contributed by atoms with van der Waals surface area (Å²) in [4.78, 5) is 22.0. The average molecular weight is 318 g/mol. The molecule has 4 aromatic heterocycles. The summed E-state index contributed by atoms with van der Waals surface area (Å²) in [6, 6.07) is 17.1. The summed E-state index contributed by atoms with van der Waals surface area (Å²) in [5.41, 5.74) is 0. The Balaban J connectivity index is 0.000000160. The van der Waals surface area contributed by atoms with Crippen molar-refractivity contribution in [3.8, 4) is 0 Å². The van der Waals surface area contributed by atoms with Gasteiger partial charge in [0.1, 0.15) is 19.0 Å². The Morgan fingerprint density at radius 3 is 0.583 bits per heavy atom. The van der Waals surface area contributed by atoms with Gasteiger partial charge >= 0.3 is 0 Å². The van der Waals surface area contributed by atoms with Crippen LogP contribution in [0.1, 0.15) is 0 Å². The van der Waals surface area contributed by atoms with E-state index in [0.717, 1.165) is 0 Å². The molecule has 0 radical (unpaired) electrons. The highest BCUT2D eigenvalue weighted by Gasteiger charge is 1.60. The standard InChI is InChI=1S/3C5H5N.C3H3N3/c3*1-2-4-6-5-3-1;1-4-2-6-3-5-1/h3*1-5H;1-3H. The summed E-state index contributed by atoms with van der Waals surface area (Å²) in [5, 5.41) is 0. The van der Waals surface area contributed by atoms with E-state index in [-0.39, 0.29) is 0 Å². The van der Waals surface area contributed by atoms with Crippen LogP contribution >= 0.6 is 0 Å². The van der Waals surface area contributed by atoms with Crippen LogP contribution < -0.4 is 0 Å². The van der Waals surface area contributed by atoms with Gasteiger partial charge < -0.3 is 0 Å². The van der Waals surface area contributed by atoms with Gasteiger partial charge in [0.15, 0.2) is 0 Å². The highest BCUT2D eigenvalue weighted by molar-refractivity contribution is 4.89. The zero-order valence-electron chi connectivity index (χ0n) is 13.1. The smallest absolute Gasteiger partial charge is 0.119 e. The molecule has 0 aromatic carbocycles. The van der Waals surface area contributed by atoms with Crippen molar-refractivity contribution in [1.82, 2.24) is 29.9 Å². The molecule has 0 atom stereocenters.